The molecular weight excluding hydrogens is 540 g/mol. The van der Waals surface area contributed by atoms with E-state index in [4.69, 9.17) is 27.6 Å². The minimum atomic E-state index is -3.95. The van der Waals surface area contributed by atoms with Crippen LogP contribution in [-0.2, 0) is 42.5 Å². The van der Waals surface area contributed by atoms with Gasteiger partial charge in [0.1, 0.15) is 17.8 Å². The number of methoxy groups -OCH3 is 2. The third-order valence-corrected chi connectivity index (χ3v) is 12.6. The molecule has 0 radical (unpaired) electrons. The zero-order valence-electron chi connectivity index (χ0n) is 23.7. The van der Waals surface area contributed by atoms with E-state index in [9.17, 15) is 13.2 Å². The van der Waals surface area contributed by atoms with E-state index in [1.54, 1.807) is 0 Å². The van der Waals surface area contributed by atoms with Gasteiger partial charge in [0.25, 0.3) is 18.4 Å². The predicted octanol–water partition coefficient (Wildman–Crippen LogP) is 2.27. The fraction of sp³-hybridized carbons (Fsp3) is 0.536. The minimum Gasteiger partial charge on any atom is -0.457 e. The molecule has 11 heteroatoms. The molecule has 0 aromatic heterocycles. The summed E-state index contributed by atoms with van der Waals surface area (Å²) in [6.07, 6.45) is -1.90. The number of hydrogen-bond acceptors (Lipinski definition) is 9. The molecule has 9 nitrogen and oxygen atoms in total. The Hall–Kier alpha value is -2.12. The lowest BCUT2D eigenvalue weighted by atomic mass is 9.90. The first-order chi connectivity index (χ1) is 18.3. The van der Waals surface area contributed by atoms with Crippen molar-refractivity contribution >= 4 is 34.8 Å². The molecule has 1 fully saturated rings. The van der Waals surface area contributed by atoms with Crippen molar-refractivity contribution in [2.24, 2.45) is 0 Å². The van der Waals surface area contributed by atoms with Gasteiger partial charge >= 0.3 is 5.97 Å². The molecule has 2 aromatic rings. The first-order valence-corrected chi connectivity index (χ1v) is 16.5. The Morgan fingerprint density at radius 3 is 2.00 bits per heavy atom. The molecule has 0 bridgehead atoms. The minimum absolute atomic E-state index is 0.0322. The second-order valence-corrected chi connectivity index (χ2v) is 16.7. The van der Waals surface area contributed by atoms with Crippen LogP contribution in [0.3, 0.4) is 0 Å². The van der Waals surface area contributed by atoms with Crippen molar-refractivity contribution in [2.45, 2.75) is 56.6 Å². The number of carbonyl (C=O) groups excluding carboxylic acids is 1. The second kappa shape index (κ2) is 12.6. The largest absolute Gasteiger partial charge is 0.457 e. The van der Waals surface area contributed by atoms with E-state index >= 15 is 0 Å². The van der Waals surface area contributed by atoms with Crippen molar-refractivity contribution < 1.29 is 40.8 Å². The Labute approximate surface area is 233 Å². The van der Waals surface area contributed by atoms with E-state index in [0.29, 0.717) is 0 Å². The smallest absolute Gasteiger partial charge is 0.303 e. The maximum absolute atomic E-state index is 12.4. The summed E-state index contributed by atoms with van der Waals surface area (Å²) in [5.74, 6) is -0.512. The molecule has 0 aliphatic carbocycles. The molecule has 39 heavy (non-hydrogen) atoms. The van der Waals surface area contributed by atoms with Crippen molar-refractivity contribution in [1.82, 2.24) is 0 Å². The van der Waals surface area contributed by atoms with Crippen LogP contribution in [0.1, 0.15) is 27.7 Å². The average Bonchev–Trinajstić information content (AvgIpc) is 3.21. The molecule has 3 rings (SSSR count). The molecule has 216 valence electrons. The highest BCUT2D eigenvalue weighted by atomic mass is 32.2. The Morgan fingerprint density at radius 1 is 1.05 bits per heavy atom. The summed E-state index contributed by atoms with van der Waals surface area (Å²) in [5.41, 5.74) is -1.49. The maximum atomic E-state index is 12.4. The van der Waals surface area contributed by atoms with Crippen LogP contribution >= 0.6 is 0 Å². The molecule has 1 aliphatic rings. The van der Waals surface area contributed by atoms with Gasteiger partial charge in [-0.2, -0.15) is 8.42 Å². The van der Waals surface area contributed by atoms with Gasteiger partial charge in [-0.3, -0.25) is 8.98 Å². The Morgan fingerprint density at radius 2 is 1.59 bits per heavy atom. The fourth-order valence-electron chi connectivity index (χ4n) is 5.47. The number of hydrogen-bond donors (Lipinski definition) is 0. The third-order valence-electron chi connectivity index (χ3n) is 6.99. The predicted molar refractivity (Wildman–Crippen MR) is 150 cm³/mol. The van der Waals surface area contributed by atoms with E-state index in [0.717, 1.165) is 16.6 Å². The lowest BCUT2D eigenvalue weighted by Gasteiger charge is -2.47. The molecule has 0 spiro atoms. The third kappa shape index (κ3) is 6.79. The molecule has 2 aromatic carbocycles. The summed E-state index contributed by atoms with van der Waals surface area (Å²) < 4.78 is 60.5. The van der Waals surface area contributed by atoms with Gasteiger partial charge in [-0.1, -0.05) is 81.4 Å². The van der Waals surface area contributed by atoms with Crippen LogP contribution in [0.15, 0.2) is 60.7 Å². The standard InChI is InChI=1S/C28H40O9SSi/c1-21(29)36-24-18-34-28(26(24)33-6,25(19-32-5)37-38(7,30)31)20-35-39(27(2,3)4,22-14-10-8-11-15-22)23-16-12-9-13-17-23/h8-17,24-26H,18-20H2,1-7H3/t24-,25?,26-,28-/m0/s1. The number of ether oxygens (including phenoxy) is 4. The molecule has 1 heterocycles. The lowest BCUT2D eigenvalue weighted by molar-refractivity contribution is -0.172. The van der Waals surface area contributed by atoms with Crippen LogP contribution in [0.2, 0.25) is 5.04 Å². The first kappa shape index (κ1) is 31.4. The van der Waals surface area contributed by atoms with Crippen LogP contribution in [0.25, 0.3) is 0 Å². The number of benzene rings is 2. The number of carbonyl (C=O) groups is 1. The normalized spacial score (nSPS) is 22.9. The molecule has 1 unspecified atom stereocenters. The van der Waals surface area contributed by atoms with Crippen LogP contribution in [0.4, 0.5) is 0 Å². The Kier molecular flexibility index (Phi) is 10.1. The zero-order valence-corrected chi connectivity index (χ0v) is 25.5. The zero-order chi connectivity index (χ0) is 28.9. The summed E-state index contributed by atoms with van der Waals surface area (Å²) in [7, 11) is -4.13. The van der Waals surface area contributed by atoms with Crippen molar-refractivity contribution in [1.29, 1.82) is 0 Å². The number of rotatable bonds is 12. The highest BCUT2D eigenvalue weighted by Gasteiger charge is 2.61. The van der Waals surface area contributed by atoms with E-state index in [1.807, 2.05) is 36.4 Å². The summed E-state index contributed by atoms with van der Waals surface area (Å²) in [5, 5.41) is 1.71. The highest BCUT2D eigenvalue weighted by Crippen LogP contribution is 2.41. The van der Waals surface area contributed by atoms with Gasteiger partial charge < -0.3 is 23.4 Å². The van der Waals surface area contributed by atoms with Crippen molar-refractivity contribution in [3.8, 4) is 0 Å². The van der Waals surface area contributed by atoms with Gasteiger partial charge in [0.15, 0.2) is 6.10 Å². The van der Waals surface area contributed by atoms with Gasteiger partial charge in [-0.05, 0) is 15.4 Å². The lowest BCUT2D eigenvalue weighted by Crippen LogP contribution is -2.69. The highest BCUT2D eigenvalue weighted by molar-refractivity contribution is 7.86. The van der Waals surface area contributed by atoms with Gasteiger partial charge in [0, 0.05) is 21.1 Å². The summed E-state index contributed by atoms with van der Waals surface area (Å²) in [6, 6.07) is 20.1. The van der Waals surface area contributed by atoms with Gasteiger partial charge in [-0.15, -0.1) is 0 Å². The van der Waals surface area contributed by atoms with Gasteiger partial charge in [0.05, 0.1) is 26.1 Å². The topological polar surface area (TPSA) is 107 Å². The van der Waals surface area contributed by atoms with Crippen LogP contribution in [0.5, 0.6) is 0 Å². The summed E-state index contributed by atoms with van der Waals surface area (Å²) >= 11 is 0. The van der Waals surface area contributed by atoms with Crippen molar-refractivity contribution in [3.05, 3.63) is 60.7 Å². The van der Waals surface area contributed by atoms with Crippen LogP contribution in [0, 0.1) is 0 Å². The second-order valence-electron chi connectivity index (χ2n) is 10.8. The fourth-order valence-corrected chi connectivity index (χ4v) is 10.7. The summed E-state index contributed by atoms with van der Waals surface area (Å²) in [6.45, 7) is 7.42. The van der Waals surface area contributed by atoms with Crippen molar-refractivity contribution in [2.75, 3.05) is 40.3 Å². The quantitative estimate of drug-likeness (QED) is 0.212. The van der Waals surface area contributed by atoms with Crippen LogP contribution < -0.4 is 10.4 Å². The summed E-state index contributed by atoms with van der Waals surface area (Å²) in [4.78, 5) is 11.9. The monoisotopic (exact) mass is 580 g/mol. The average molecular weight is 581 g/mol. The van der Waals surface area contributed by atoms with Gasteiger partial charge in [0.2, 0.25) is 0 Å². The molecule has 0 saturated carbocycles. The SMILES string of the molecule is COCC(OS(C)(=O)=O)[C@]1(CO[Si](c2ccccc2)(c2ccccc2)C(C)(C)C)OC[C@H](OC(C)=O)[C@@H]1OC. The number of esters is 1. The molecule has 1 aliphatic heterocycles. The molecule has 0 N–H and O–H groups in total. The van der Waals surface area contributed by atoms with E-state index < -0.39 is 48.3 Å². The molecule has 1 saturated heterocycles. The van der Waals surface area contributed by atoms with E-state index in [1.165, 1.54) is 21.1 Å². The molecule has 0 amide bonds. The van der Waals surface area contributed by atoms with E-state index in [2.05, 4.69) is 45.0 Å². The molecular formula is C28H40O9SSi. The van der Waals surface area contributed by atoms with E-state index in [-0.39, 0.29) is 24.9 Å². The van der Waals surface area contributed by atoms with Crippen molar-refractivity contribution in [3.63, 3.8) is 0 Å². The maximum Gasteiger partial charge on any atom is 0.303 e. The molecule has 4 atom stereocenters. The van der Waals surface area contributed by atoms with Gasteiger partial charge in [-0.25, -0.2) is 0 Å². The van der Waals surface area contributed by atoms with Crippen LogP contribution in [-0.4, -0.2) is 86.9 Å². The Bertz CT molecular complexity index is 1150. The first-order valence-electron chi connectivity index (χ1n) is 12.8. The Balaban J connectivity index is 2.21.